The Kier molecular flexibility index (Phi) is 11.4. The van der Waals surface area contributed by atoms with Crippen molar-refractivity contribution < 1.29 is 14.3 Å². The van der Waals surface area contributed by atoms with Gasteiger partial charge < -0.3 is 9.64 Å². The molecule has 0 bridgehead atoms. The van der Waals surface area contributed by atoms with Crippen LogP contribution in [0, 0.1) is 0 Å². The van der Waals surface area contributed by atoms with Crippen molar-refractivity contribution in [3.05, 3.63) is 35.9 Å². The van der Waals surface area contributed by atoms with Gasteiger partial charge in [-0.1, -0.05) is 75.8 Å². The van der Waals surface area contributed by atoms with Crippen LogP contribution in [0.4, 0.5) is 0 Å². The molecule has 1 unspecified atom stereocenters. The predicted molar refractivity (Wildman–Crippen MR) is 101 cm³/mol. The van der Waals surface area contributed by atoms with Gasteiger partial charge in [-0.3, -0.25) is 9.59 Å². The Morgan fingerprint density at radius 3 is 2.36 bits per heavy atom. The van der Waals surface area contributed by atoms with E-state index >= 15 is 0 Å². The molecule has 1 rings (SSSR count). The SMILES string of the molecule is CCCCCCCCCC(=O)N(C)C(COC=O)Cc1ccccc1. The molecule has 0 saturated carbocycles. The van der Waals surface area contributed by atoms with E-state index in [-0.39, 0.29) is 18.6 Å². The number of hydrogen-bond donors (Lipinski definition) is 0. The highest BCUT2D eigenvalue weighted by Crippen LogP contribution is 2.13. The van der Waals surface area contributed by atoms with E-state index in [9.17, 15) is 9.59 Å². The number of ether oxygens (including phenoxy) is 1. The quantitative estimate of drug-likeness (QED) is 0.371. The summed E-state index contributed by atoms with van der Waals surface area (Å²) < 4.78 is 4.95. The Hall–Kier alpha value is -1.84. The van der Waals surface area contributed by atoms with Crippen LogP contribution < -0.4 is 0 Å². The van der Waals surface area contributed by atoms with Crippen LogP contribution in [0.25, 0.3) is 0 Å². The van der Waals surface area contributed by atoms with Gasteiger partial charge in [0.1, 0.15) is 6.61 Å². The third-order valence-electron chi connectivity index (χ3n) is 4.61. The first-order chi connectivity index (χ1) is 12.2. The first kappa shape index (κ1) is 21.2. The maximum atomic E-state index is 12.5. The van der Waals surface area contributed by atoms with Crippen molar-refractivity contribution in [3.8, 4) is 0 Å². The summed E-state index contributed by atoms with van der Waals surface area (Å²) in [5.74, 6) is 0.129. The summed E-state index contributed by atoms with van der Waals surface area (Å²) >= 11 is 0. The van der Waals surface area contributed by atoms with Gasteiger partial charge in [0.25, 0.3) is 6.47 Å². The van der Waals surface area contributed by atoms with Gasteiger partial charge in [0.2, 0.25) is 5.91 Å². The van der Waals surface area contributed by atoms with Gasteiger partial charge in [0, 0.05) is 13.5 Å². The lowest BCUT2D eigenvalue weighted by Gasteiger charge is -2.27. The van der Waals surface area contributed by atoms with Crippen molar-refractivity contribution in [1.29, 1.82) is 0 Å². The summed E-state index contributed by atoms with van der Waals surface area (Å²) in [5.41, 5.74) is 1.14. The summed E-state index contributed by atoms with van der Waals surface area (Å²) in [6.07, 6.45) is 9.63. The second kappa shape index (κ2) is 13.5. The van der Waals surface area contributed by atoms with Gasteiger partial charge in [-0.25, -0.2) is 0 Å². The number of rotatable bonds is 14. The predicted octanol–water partition coefficient (Wildman–Crippen LogP) is 4.37. The number of likely N-dealkylation sites (N-methyl/N-ethyl adjacent to an activating group) is 1. The molecule has 25 heavy (non-hydrogen) atoms. The molecule has 0 saturated heterocycles. The average molecular weight is 347 g/mol. The second-order valence-corrected chi connectivity index (χ2v) is 6.65. The zero-order chi connectivity index (χ0) is 18.3. The minimum absolute atomic E-state index is 0.121. The van der Waals surface area contributed by atoms with Gasteiger partial charge in [0.05, 0.1) is 6.04 Å². The Labute approximate surface area is 152 Å². The standard InChI is InChI=1S/C21H33NO3/c1-3-4-5-6-7-8-12-15-21(24)22(2)20(17-25-18-23)16-19-13-10-9-11-14-19/h9-11,13-14,18,20H,3-8,12,15-17H2,1-2H3. The molecule has 0 aliphatic carbocycles. The molecule has 1 amide bonds. The zero-order valence-electron chi connectivity index (χ0n) is 15.8. The summed E-state index contributed by atoms with van der Waals surface area (Å²) in [7, 11) is 1.81. The molecule has 0 aromatic heterocycles. The van der Waals surface area contributed by atoms with Crippen LogP contribution in [0.3, 0.4) is 0 Å². The molecular weight excluding hydrogens is 314 g/mol. The molecule has 0 N–H and O–H groups in total. The fourth-order valence-electron chi connectivity index (χ4n) is 2.96. The first-order valence-electron chi connectivity index (χ1n) is 9.53. The van der Waals surface area contributed by atoms with E-state index in [1.807, 2.05) is 37.4 Å². The molecule has 4 heteroatoms. The van der Waals surface area contributed by atoms with E-state index in [2.05, 4.69) is 6.92 Å². The van der Waals surface area contributed by atoms with Gasteiger partial charge in [-0.15, -0.1) is 0 Å². The largest absolute Gasteiger partial charge is 0.466 e. The van der Waals surface area contributed by atoms with E-state index in [1.165, 1.54) is 32.1 Å². The molecule has 140 valence electrons. The summed E-state index contributed by atoms with van der Waals surface area (Å²) in [6.45, 7) is 2.90. The lowest BCUT2D eigenvalue weighted by atomic mass is 10.0. The summed E-state index contributed by atoms with van der Waals surface area (Å²) in [4.78, 5) is 24.7. The van der Waals surface area contributed by atoms with E-state index in [0.29, 0.717) is 19.3 Å². The molecule has 1 aromatic rings. The highest BCUT2D eigenvalue weighted by Gasteiger charge is 2.20. The maximum Gasteiger partial charge on any atom is 0.293 e. The normalized spacial score (nSPS) is 11.8. The van der Waals surface area contributed by atoms with Crippen molar-refractivity contribution in [3.63, 3.8) is 0 Å². The molecule has 0 heterocycles. The van der Waals surface area contributed by atoms with Crippen molar-refractivity contribution in [2.75, 3.05) is 13.7 Å². The molecule has 1 atom stereocenters. The first-order valence-corrected chi connectivity index (χ1v) is 9.53. The van der Waals surface area contributed by atoms with Crippen LogP contribution in [0.1, 0.15) is 63.9 Å². The minimum Gasteiger partial charge on any atom is -0.466 e. The summed E-state index contributed by atoms with van der Waals surface area (Å²) in [6, 6.07) is 9.87. The lowest BCUT2D eigenvalue weighted by Crippen LogP contribution is -2.41. The molecule has 4 nitrogen and oxygen atoms in total. The highest BCUT2D eigenvalue weighted by atomic mass is 16.5. The average Bonchev–Trinajstić information content (AvgIpc) is 2.64. The molecule has 0 fully saturated rings. The maximum absolute atomic E-state index is 12.5. The van der Waals surface area contributed by atoms with Crippen molar-refractivity contribution >= 4 is 12.4 Å². The van der Waals surface area contributed by atoms with Gasteiger partial charge in [0.15, 0.2) is 0 Å². The number of carbonyl (C=O) groups is 2. The third kappa shape index (κ3) is 9.28. The molecule has 0 spiro atoms. The van der Waals surface area contributed by atoms with Crippen LogP contribution in [-0.4, -0.2) is 37.0 Å². The highest BCUT2D eigenvalue weighted by molar-refractivity contribution is 5.76. The Morgan fingerprint density at radius 2 is 1.72 bits per heavy atom. The topological polar surface area (TPSA) is 46.6 Å². The van der Waals surface area contributed by atoms with E-state index in [1.54, 1.807) is 4.90 Å². The fraction of sp³-hybridized carbons (Fsp3) is 0.619. The Bertz CT molecular complexity index is 475. The third-order valence-corrected chi connectivity index (χ3v) is 4.61. The Balaban J connectivity index is 2.40. The number of unbranched alkanes of at least 4 members (excludes halogenated alkanes) is 6. The number of hydrogen-bond acceptors (Lipinski definition) is 3. The lowest BCUT2D eigenvalue weighted by molar-refractivity contribution is -0.137. The van der Waals surface area contributed by atoms with E-state index < -0.39 is 0 Å². The van der Waals surface area contributed by atoms with E-state index in [4.69, 9.17) is 4.74 Å². The smallest absolute Gasteiger partial charge is 0.293 e. The minimum atomic E-state index is -0.121. The monoisotopic (exact) mass is 347 g/mol. The van der Waals surface area contributed by atoms with Gasteiger partial charge >= 0.3 is 0 Å². The fourth-order valence-corrected chi connectivity index (χ4v) is 2.96. The zero-order valence-corrected chi connectivity index (χ0v) is 15.8. The van der Waals surface area contributed by atoms with Crippen LogP contribution in [0.15, 0.2) is 30.3 Å². The van der Waals surface area contributed by atoms with Gasteiger partial charge in [-0.05, 0) is 18.4 Å². The number of nitrogens with zero attached hydrogens (tertiary/aromatic N) is 1. The van der Waals surface area contributed by atoms with Crippen LogP contribution in [0.5, 0.6) is 0 Å². The van der Waals surface area contributed by atoms with Gasteiger partial charge in [-0.2, -0.15) is 0 Å². The van der Waals surface area contributed by atoms with Crippen molar-refractivity contribution in [2.45, 2.75) is 70.8 Å². The van der Waals surface area contributed by atoms with Crippen molar-refractivity contribution in [2.24, 2.45) is 0 Å². The van der Waals surface area contributed by atoms with Crippen LogP contribution in [0.2, 0.25) is 0 Å². The molecule has 0 aliphatic heterocycles. The van der Waals surface area contributed by atoms with Crippen molar-refractivity contribution in [1.82, 2.24) is 4.90 Å². The number of amides is 1. The number of benzene rings is 1. The molecule has 1 aromatic carbocycles. The van der Waals surface area contributed by atoms with Crippen LogP contribution in [-0.2, 0) is 20.7 Å². The number of carbonyl (C=O) groups excluding carboxylic acids is 2. The Morgan fingerprint density at radius 1 is 1.08 bits per heavy atom. The second-order valence-electron chi connectivity index (χ2n) is 6.65. The van der Waals surface area contributed by atoms with Crippen LogP contribution >= 0.6 is 0 Å². The molecule has 0 radical (unpaired) electrons. The van der Waals surface area contributed by atoms with E-state index in [0.717, 1.165) is 18.4 Å². The molecular formula is C21H33NO3. The molecule has 0 aliphatic rings. The summed E-state index contributed by atoms with van der Waals surface area (Å²) in [5, 5.41) is 0.